The summed E-state index contributed by atoms with van der Waals surface area (Å²) in [5, 5.41) is 0.776. The van der Waals surface area contributed by atoms with Gasteiger partial charge in [-0.15, -0.1) is 11.8 Å². The van der Waals surface area contributed by atoms with Crippen molar-refractivity contribution in [3.63, 3.8) is 0 Å². The van der Waals surface area contributed by atoms with Crippen LogP contribution < -0.4 is 11.5 Å². The molecule has 2 aromatic rings. The third-order valence-corrected chi connectivity index (χ3v) is 2.25. The number of nitrogens with zero attached hydrogens (tertiary/aromatic N) is 4. The van der Waals surface area contributed by atoms with Gasteiger partial charge in [-0.2, -0.15) is 9.97 Å². The molecule has 0 saturated carbocycles. The molecule has 0 aliphatic heterocycles. The minimum atomic E-state index is 0.112. The molecular formula is C7H8N6S. The molecule has 0 aliphatic carbocycles. The topological polar surface area (TPSA) is 104 Å². The molecule has 4 N–H and O–H groups in total. The van der Waals surface area contributed by atoms with Crippen LogP contribution in [0.25, 0.3) is 11.2 Å². The monoisotopic (exact) mass is 208 g/mol. The molecule has 0 bridgehead atoms. The van der Waals surface area contributed by atoms with E-state index in [0.29, 0.717) is 11.2 Å². The van der Waals surface area contributed by atoms with Crippen LogP contribution in [0, 0.1) is 0 Å². The van der Waals surface area contributed by atoms with E-state index in [-0.39, 0.29) is 11.8 Å². The smallest absolute Gasteiger partial charge is 0.224 e. The summed E-state index contributed by atoms with van der Waals surface area (Å²) in [5.74, 6) is 0.372. The van der Waals surface area contributed by atoms with Gasteiger partial charge in [0.25, 0.3) is 0 Å². The Morgan fingerprint density at radius 2 is 2.00 bits per heavy atom. The Morgan fingerprint density at radius 1 is 1.21 bits per heavy atom. The fourth-order valence-corrected chi connectivity index (χ4v) is 1.37. The van der Waals surface area contributed by atoms with Gasteiger partial charge in [0.2, 0.25) is 5.95 Å². The Bertz CT molecular complexity index is 485. The number of hydrogen-bond donors (Lipinski definition) is 2. The fourth-order valence-electron chi connectivity index (χ4n) is 1.03. The molecule has 72 valence electrons. The van der Waals surface area contributed by atoms with E-state index < -0.39 is 0 Å². The maximum Gasteiger partial charge on any atom is 0.224 e. The minimum absolute atomic E-state index is 0.112. The lowest BCUT2D eigenvalue weighted by atomic mass is 10.5. The lowest BCUT2D eigenvalue weighted by molar-refractivity contribution is 1.08. The van der Waals surface area contributed by atoms with Crippen molar-refractivity contribution in [2.45, 2.75) is 5.03 Å². The van der Waals surface area contributed by atoms with Gasteiger partial charge >= 0.3 is 0 Å². The second kappa shape index (κ2) is 3.26. The summed E-state index contributed by atoms with van der Waals surface area (Å²) in [6, 6.07) is 0. The maximum atomic E-state index is 5.64. The summed E-state index contributed by atoms with van der Waals surface area (Å²) >= 11 is 1.48. The van der Waals surface area contributed by atoms with Crippen LogP contribution in [0.3, 0.4) is 0 Å². The Kier molecular flexibility index (Phi) is 2.08. The molecular weight excluding hydrogens is 200 g/mol. The molecule has 2 heterocycles. The second-order valence-electron chi connectivity index (χ2n) is 2.55. The first-order valence-corrected chi connectivity index (χ1v) is 5.03. The van der Waals surface area contributed by atoms with E-state index in [0.717, 1.165) is 5.03 Å². The van der Waals surface area contributed by atoms with Gasteiger partial charge in [0.05, 0.1) is 6.20 Å². The van der Waals surface area contributed by atoms with Gasteiger partial charge in [-0.05, 0) is 6.26 Å². The number of thioether (sulfide) groups is 1. The molecule has 2 rings (SSSR count). The highest BCUT2D eigenvalue weighted by atomic mass is 32.2. The van der Waals surface area contributed by atoms with E-state index in [4.69, 9.17) is 11.5 Å². The minimum Gasteiger partial charge on any atom is -0.382 e. The summed E-state index contributed by atoms with van der Waals surface area (Å²) in [5.41, 5.74) is 12.0. The van der Waals surface area contributed by atoms with Gasteiger partial charge in [0.15, 0.2) is 17.0 Å². The van der Waals surface area contributed by atoms with Crippen LogP contribution in [0.1, 0.15) is 0 Å². The lowest BCUT2D eigenvalue weighted by Crippen LogP contribution is -2.03. The Morgan fingerprint density at radius 3 is 2.71 bits per heavy atom. The third-order valence-electron chi connectivity index (χ3n) is 1.64. The predicted octanol–water partition coefficient (Wildman–Crippen LogP) is 0.306. The normalized spacial score (nSPS) is 10.6. The van der Waals surface area contributed by atoms with Crippen molar-refractivity contribution in [3.8, 4) is 0 Å². The van der Waals surface area contributed by atoms with E-state index in [1.54, 1.807) is 6.20 Å². The molecule has 0 saturated heterocycles. The van der Waals surface area contributed by atoms with E-state index in [2.05, 4.69) is 19.9 Å². The second-order valence-corrected chi connectivity index (χ2v) is 3.38. The standard InChI is InChI=1S/C7H8N6S/c1-14-3-2-10-6-4(11-3)5(8)12-7(9)13-6/h2H,1H3,(H4,8,9,10,12,13). The number of nitrogen functional groups attached to an aromatic ring is 2. The van der Waals surface area contributed by atoms with Crippen LogP contribution in [-0.4, -0.2) is 26.2 Å². The van der Waals surface area contributed by atoms with Crippen molar-refractivity contribution in [1.29, 1.82) is 0 Å². The number of anilines is 2. The van der Waals surface area contributed by atoms with Gasteiger partial charge in [-0.3, -0.25) is 0 Å². The third kappa shape index (κ3) is 1.41. The van der Waals surface area contributed by atoms with Crippen LogP contribution in [0.5, 0.6) is 0 Å². The van der Waals surface area contributed by atoms with E-state index in [1.165, 1.54) is 11.8 Å². The largest absolute Gasteiger partial charge is 0.382 e. The number of nitrogens with two attached hydrogens (primary N) is 2. The Balaban J connectivity index is 2.75. The molecule has 0 spiro atoms. The summed E-state index contributed by atoms with van der Waals surface area (Å²) in [6.45, 7) is 0. The van der Waals surface area contributed by atoms with Crippen LogP contribution >= 0.6 is 11.8 Å². The summed E-state index contributed by atoms with van der Waals surface area (Å²) in [4.78, 5) is 16.0. The van der Waals surface area contributed by atoms with E-state index in [9.17, 15) is 0 Å². The van der Waals surface area contributed by atoms with Gasteiger partial charge in [0, 0.05) is 0 Å². The van der Waals surface area contributed by atoms with Crippen LogP contribution in [0.15, 0.2) is 11.2 Å². The van der Waals surface area contributed by atoms with Crippen molar-refractivity contribution in [2.75, 3.05) is 17.7 Å². The van der Waals surface area contributed by atoms with Gasteiger partial charge in [0.1, 0.15) is 5.03 Å². The van der Waals surface area contributed by atoms with Crippen LogP contribution in [0.2, 0.25) is 0 Å². The van der Waals surface area contributed by atoms with Crippen molar-refractivity contribution in [1.82, 2.24) is 19.9 Å². The molecule has 0 atom stereocenters. The predicted molar refractivity (Wildman–Crippen MR) is 55.7 cm³/mol. The number of hydrogen-bond acceptors (Lipinski definition) is 7. The highest BCUT2D eigenvalue weighted by molar-refractivity contribution is 7.98. The number of aromatic nitrogens is 4. The summed E-state index contributed by atoms with van der Waals surface area (Å²) in [6.07, 6.45) is 3.53. The highest BCUT2D eigenvalue weighted by Crippen LogP contribution is 2.18. The van der Waals surface area contributed by atoms with Gasteiger partial charge in [-0.25, -0.2) is 9.97 Å². The number of rotatable bonds is 1. The van der Waals surface area contributed by atoms with E-state index in [1.807, 2.05) is 6.26 Å². The quantitative estimate of drug-likeness (QED) is 0.650. The molecule has 0 amide bonds. The molecule has 2 aromatic heterocycles. The van der Waals surface area contributed by atoms with Crippen LogP contribution in [-0.2, 0) is 0 Å². The maximum absolute atomic E-state index is 5.64. The van der Waals surface area contributed by atoms with Crippen molar-refractivity contribution >= 4 is 34.7 Å². The van der Waals surface area contributed by atoms with Crippen molar-refractivity contribution in [3.05, 3.63) is 6.20 Å². The zero-order chi connectivity index (χ0) is 10.1. The Labute approximate surface area is 84.2 Å². The average Bonchev–Trinajstić information content (AvgIpc) is 2.17. The average molecular weight is 208 g/mol. The molecule has 0 unspecified atom stereocenters. The molecule has 0 fully saturated rings. The summed E-state index contributed by atoms with van der Waals surface area (Å²) in [7, 11) is 0. The van der Waals surface area contributed by atoms with E-state index >= 15 is 0 Å². The molecule has 6 nitrogen and oxygen atoms in total. The first-order valence-electron chi connectivity index (χ1n) is 3.80. The summed E-state index contributed by atoms with van der Waals surface area (Å²) < 4.78 is 0. The molecule has 0 radical (unpaired) electrons. The zero-order valence-corrected chi connectivity index (χ0v) is 8.25. The first-order chi connectivity index (χ1) is 6.70. The van der Waals surface area contributed by atoms with Crippen LogP contribution in [0.4, 0.5) is 11.8 Å². The van der Waals surface area contributed by atoms with Crippen molar-refractivity contribution < 1.29 is 0 Å². The van der Waals surface area contributed by atoms with Crippen molar-refractivity contribution in [2.24, 2.45) is 0 Å². The molecule has 0 aromatic carbocycles. The molecule has 14 heavy (non-hydrogen) atoms. The highest BCUT2D eigenvalue weighted by Gasteiger charge is 2.06. The molecule has 7 heteroatoms. The van der Waals surface area contributed by atoms with Gasteiger partial charge < -0.3 is 11.5 Å². The molecule has 0 aliphatic rings. The Hall–Kier alpha value is -1.63. The zero-order valence-electron chi connectivity index (χ0n) is 7.43. The SMILES string of the molecule is CSc1cnc2nc(N)nc(N)c2n1. The lowest BCUT2D eigenvalue weighted by Gasteiger charge is -2.01. The first kappa shape index (κ1) is 8.95. The number of fused-ring (bicyclic) bond motifs is 1. The fraction of sp³-hybridized carbons (Fsp3) is 0.143. The van der Waals surface area contributed by atoms with Gasteiger partial charge in [-0.1, -0.05) is 0 Å².